The molecule has 202 valence electrons. The number of nitrogens with one attached hydrogen (secondary N) is 3. The molecule has 11 nitrogen and oxygen atoms in total. The molecule has 13 heteroatoms. The molecule has 0 aliphatic carbocycles. The summed E-state index contributed by atoms with van der Waals surface area (Å²) in [5, 5.41) is 15.0. The van der Waals surface area contributed by atoms with E-state index < -0.39 is 21.9 Å². The van der Waals surface area contributed by atoms with E-state index in [1.165, 1.54) is 35.6 Å². The number of aromatic nitrogens is 1. The van der Waals surface area contributed by atoms with E-state index in [0.717, 1.165) is 30.6 Å². The molecule has 2 aromatic carbocycles. The quantitative estimate of drug-likeness (QED) is 0.276. The minimum Gasteiger partial charge on any atom is -0.478 e. The summed E-state index contributed by atoms with van der Waals surface area (Å²) in [6.45, 7) is 1.87. The summed E-state index contributed by atoms with van der Waals surface area (Å²) in [7, 11) is -1.64. The number of carbonyl (C=O) groups is 3. The minimum atomic E-state index is -3.68. The third-order valence-corrected chi connectivity index (χ3v) is 8.53. The average molecular weight is 560 g/mol. The number of hydrogen-bond donors (Lipinski definition) is 4. The van der Waals surface area contributed by atoms with Gasteiger partial charge in [-0.1, -0.05) is 17.4 Å². The molecule has 0 spiro atoms. The van der Waals surface area contributed by atoms with Crippen molar-refractivity contribution in [1.82, 2.24) is 15.2 Å². The fraction of sp³-hybridized carbons (Fsp3) is 0.360. The van der Waals surface area contributed by atoms with Gasteiger partial charge in [0.05, 0.1) is 27.2 Å². The van der Waals surface area contributed by atoms with Gasteiger partial charge in [-0.25, -0.2) is 18.2 Å². The highest BCUT2D eigenvalue weighted by atomic mass is 32.2. The zero-order valence-corrected chi connectivity index (χ0v) is 22.4. The topological polar surface area (TPSA) is 158 Å². The summed E-state index contributed by atoms with van der Waals surface area (Å²) in [5.41, 5.74) is 1.22. The lowest BCUT2D eigenvalue weighted by Crippen LogP contribution is -2.35. The molecule has 4 rings (SSSR count). The van der Waals surface area contributed by atoms with E-state index >= 15 is 0 Å². The number of aromatic carboxylic acids is 1. The molecule has 1 aliphatic rings. The van der Waals surface area contributed by atoms with Gasteiger partial charge in [-0.15, -0.1) is 0 Å². The van der Waals surface area contributed by atoms with Crippen molar-refractivity contribution in [2.75, 3.05) is 42.5 Å². The number of amides is 2. The smallest absolute Gasteiger partial charge is 0.335 e. The zero-order chi connectivity index (χ0) is 27.3. The Hall–Kier alpha value is -3.55. The van der Waals surface area contributed by atoms with Crippen LogP contribution in [0.1, 0.15) is 40.0 Å². The van der Waals surface area contributed by atoms with Gasteiger partial charge in [0.25, 0.3) is 5.91 Å². The minimum absolute atomic E-state index is 0.00547. The first-order valence-corrected chi connectivity index (χ1v) is 14.6. The number of piperidine rings is 1. The molecule has 0 bridgehead atoms. The van der Waals surface area contributed by atoms with Crippen LogP contribution in [0.15, 0.2) is 42.5 Å². The number of carboxylic acid groups (broad SMARTS) is 1. The maximum absolute atomic E-state index is 12.6. The van der Waals surface area contributed by atoms with Gasteiger partial charge < -0.3 is 20.6 Å². The van der Waals surface area contributed by atoms with Crippen molar-refractivity contribution in [3.8, 4) is 0 Å². The van der Waals surface area contributed by atoms with Crippen molar-refractivity contribution >= 4 is 60.2 Å². The van der Waals surface area contributed by atoms with Crippen LogP contribution in [0.5, 0.6) is 0 Å². The van der Waals surface area contributed by atoms with Gasteiger partial charge in [-0.3, -0.25) is 14.3 Å². The fourth-order valence-electron chi connectivity index (χ4n) is 4.11. The second kappa shape index (κ2) is 11.9. The van der Waals surface area contributed by atoms with Gasteiger partial charge in [-0.05, 0) is 75.8 Å². The van der Waals surface area contributed by atoms with E-state index in [1.807, 2.05) is 7.05 Å². The Bertz CT molecular complexity index is 1450. The Kier molecular flexibility index (Phi) is 8.59. The summed E-state index contributed by atoms with van der Waals surface area (Å²) in [4.78, 5) is 42.5. The number of thiazole rings is 1. The molecule has 2 amide bonds. The highest BCUT2D eigenvalue weighted by Gasteiger charge is 2.24. The Morgan fingerprint density at radius 3 is 2.58 bits per heavy atom. The summed E-state index contributed by atoms with van der Waals surface area (Å²) in [5.74, 6) is -1.92. The van der Waals surface area contributed by atoms with E-state index in [2.05, 4.69) is 25.2 Å². The van der Waals surface area contributed by atoms with Crippen molar-refractivity contribution < 1.29 is 27.9 Å². The van der Waals surface area contributed by atoms with E-state index in [0.29, 0.717) is 16.3 Å². The van der Waals surface area contributed by atoms with Crippen molar-refractivity contribution in [3.63, 3.8) is 0 Å². The number of fused-ring (bicyclic) bond motifs is 1. The molecule has 38 heavy (non-hydrogen) atoms. The van der Waals surface area contributed by atoms with E-state index in [-0.39, 0.29) is 41.7 Å². The van der Waals surface area contributed by atoms with Crippen LogP contribution in [-0.4, -0.2) is 73.6 Å². The lowest BCUT2D eigenvalue weighted by atomic mass is 9.96. The maximum Gasteiger partial charge on any atom is 0.335 e. The molecule has 1 aromatic heterocycles. The molecule has 1 saturated heterocycles. The van der Waals surface area contributed by atoms with Crippen molar-refractivity contribution in [2.24, 2.45) is 5.92 Å². The number of sulfonamides is 1. The largest absolute Gasteiger partial charge is 0.478 e. The number of nitrogens with zero attached hydrogens (tertiary/aromatic N) is 2. The standard InChI is InChI=1S/C25H29N5O6S2/c1-30-11-8-16(9-12-30)23(32)28-25-27-20-7-6-19(15-21(20)37-25)29-38(35,36)13-3-10-26-22(31)17-4-2-5-18(14-17)24(33)34/h2,4-7,14-16,29H,3,8-13H2,1H3,(H,26,31)(H,33,34)(H,27,28,32). The van der Waals surface area contributed by atoms with E-state index in [9.17, 15) is 22.8 Å². The predicted molar refractivity (Wildman–Crippen MR) is 146 cm³/mol. The Labute approximate surface area is 224 Å². The monoisotopic (exact) mass is 559 g/mol. The van der Waals surface area contributed by atoms with Crippen molar-refractivity contribution in [1.29, 1.82) is 0 Å². The van der Waals surface area contributed by atoms with Gasteiger partial charge >= 0.3 is 5.97 Å². The second-order valence-corrected chi connectivity index (χ2v) is 12.1. The Morgan fingerprint density at radius 1 is 1.11 bits per heavy atom. The van der Waals surface area contributed by atoms with Crippen LogP contribution < -0.4 is 15.4 Å². The van der Waals surface area contributed by atoms with Gasteiger partial charge in [0.2, 0.25) is 15.9 Å². The first-order valence-electron chi connectivity index (χ1n) is 12.1. The number of rotatable bonds is 10. The highest BCUT2D eigenvalue weighted by molar-refractivity contribution is 7.92. The van der Waals surface area contributed by atoms with E-state index in [4.69, 9.17) is 5.11 Å². The van der Waals surface area contributed by atoms with Crippen molar-refractivity contribution in [2.45, 2.75) is 19.3 Å². The Morgan fingerprint density at radius 2 is 1.84 bits per heavy atom. The van der Waals surface area contributed by atoms with Crippen LogP contribution in [0.25, 0.3) is 10.2 Å². The molecule has 0 radical (unpaired) electrons. The number of hydrogen-bond acceptors (Lipinski definition) is 8. The molecule has 0 unspecified atom stereocenters. The highest BCUT2D eigenvalue weighted by Crippen LogP contribution is 2.29. The molecular weight excluding hydrogens is 530 g/mol. The van der Waals surface area contributed by atoms with Crippen LogP contribution in [-0.2, 0) is 14.8 Å². The maximum atomic E-state index is 12.6. The summed E-state index contributed by atoms with van der Waals surface area (Å²) < 4.78 is 28.4. The van der Waals surface area contributed by atoms with Gasteiger partial charge in [-0.2, -0.15) is 0 Å². The first kappa shape index (κ1) is 27.5. The van der Waals surface area contributed by atoms with Crippen LogP contribution in [0.2, 0.25) is 0 Å². The molecular formula is C25H29N5O6S2. The zero-order valence-electron chi connectivity index (χ0n) is 20.8. The summed E-state index contributed by atoms with van der Waals surface area (Å²) >= 11 is 1.28. The van der Waals surface area contributed by atoms with Gasteiger partial charge in [0.1, 0.15) is 0 Å². The molecule has 0 atom stereocenters. The van der Waals surface area contributed by atoms with Crippen LogP contribution >= 0.6 is 11.3 Å². The first-order chi connectivity index (χ1) is 18.1. The van der Waals surface area contributed by atoms with Gasteiger partial charge in [0.15, 0.2) is 5.13 Å². The third kappa shape index (κ3) is 7.27. The lowest BCUT2D eigenvalue weighted by molar-refractivity contribution is -0.121. The lowest BCUT2D eigenvalue weighted by Gasteiger charge is -2.27. The molecule has 0 saturated carbocycles. The third-order valence-electron chi connectivity index (χ3n) is 6.23. The molecule has 1 fully saturated rings. The average Bonchev–Trinajstić information content (AvgIpc) is 3.28. The van der Waals surface area contributed by atoms with Crippen LogP contribution in [0.3, 0.4) is 0 Å². The normalized spacial score (nSPS) is 14.8. The summed E-state index contributed by atoms with van der Waals surface area (Å²) in [6.07, 6.45) is 1.77. The Balaban J connectivity index is 1.28. The predicted octanol–water partition coefficient (Wildman–Crippen LogP) is 2.84. The second-order valence-electron chi connectivity index (χ2n) is 9.18. The fourth-order valence-corrected chi connectivity index (χ4v) is 6.13. The van der Waals surface area contributed by atoms with Crippen LogP contribution in [0, 0.1) is 5.92 Å². The van der Waals surface area contributed by atoms with Crippen molar-refractivity contribution in [3.05, 3.63) is 53.6 Å². The molecule has 2 heterocycles. The SMILES string of the molecule is CN1CCC(C(=O)Nc2nc3ccc(NS(=O)(=O)CCCNC(=O)c4cccc(C(=O)O)c4)cc3s2)CC1. The number of carboxylic acids is 1. The molecule has 3 aromatic rings. The number of benzene rings is 2. The van der Waals surface area contributed by atoms with Gasteiger partial charge in [0, 0.05) is 18.0 Å². The van der Waals surface area contributed by atoms with Crippen LogP contribution in [0.4, 0.5) is 10.8 Å². The molecule has 1 aliphatic heterocycles. The summed E-state index contributed by atoms with van der Waals surface area (Å²) in [6, 6.07) is 10.6. The molecule has 4 N–H and O–H groups in total. The number of anilines is 2. The van der Waals surface area contributed by atoms with E-state index in [1.54, 1.807) is 18.2 Å². The number of likely N-dealkylation sites (tertiary alicyclic amines) is 1. The number of carbonyl (C=O) groups excluding carboxylic acids is 2.